The van der Waals surface area contributed by atoms with Crippen molar-refractivity contribution in [1.29, 1.82) is 0 Å². The maximum absolute atomic E-state index is 12.8. The molecule has 0 unspecified atom stereocenters. The van der Waals surface area contributed by atoms with Crippen LogP contribution in [-0.4, -0.2) is 32.0 Å². The first-order valence-corrected chi connectivity index (χ1v) is 9.05. The summed E-state index contributed by atoms with van der Waals surface area (Å²) < 4.78 is 33.1. The molecule has 0 bridgehead atoms. The molecule has 2 N–H and O–H groups in total. The number of anilines is 1. The summed E-state index contributed by atoms with van der Waals surface area (Å²) >= 11 is 0. The minimum Gasteiger partial charge on any atom is -0.494 e. The molecular weight excluding hydrogens is 342 g/mol. The predicted octanol–water partition coefficient (Wildman–Crippen LogP) is 2.42. The number of carbonyl (C=O) groups is 1. The first-order valence-electron chi connectivity index (χ1n) is 7.56. The molecule has 0 fully saturated rings. The fraction of sp³-hybridized carbons (Fsp3) is 0.294. The highest BCUT2D eigenvalue weighted by Gasteiger charge is 2.25. The predicted molar refractivity (Wildman–Crippen MR) is 95.3 cm³/mol. The summed E-state index contributed by atoms with van der Waals surface area (Å²) in [5.74, 6) is -0.137. The molecule has 0 spiro atoms. The SMILES string of the molecule is COc1ccncc1NS(=O)(=O)c1ccccc1C(=O)NC(C)(C)C. The Bertz CT molecular complexity index is 873. The Kier molecular flexibility index (Phi) is 5.32. The summed E-state index contributed by atoms with van der Waals surface area (Å²) in [6.45, 7) is 5.46. The average Bonchev–Trinajstić information content (AvgIpc) is 2.53. The van der Waals surface area contributed by atoms with E-state index in [1.807, 2.05) is 20.8 Å². The number of hydrogen-bond donors (Lipinski definition) is 2. The summed E-state index contributed by atoms with van der Waals surface area (Å²) in [6, 6.07) is 7.55. The van der Waals surface area contributed by atoms with E-state index in [0.717, 1.165) is 0 Å². The zero-order chi connectivity index (χ0) is 18.7. The van der Waals surface area contributed by atoms with Crippen LogP contribution in [0.5, 0.6) is 5.75 Å². The van der Waals surface area contributed by atoms with Crippen LogP contribution in [0.4, 0.5) is 5.69 Å². The van der Waals surface area contributed by atoms with E-state index in [4.69, 9.17) is 4.74 Å². The second-order valence-corrected chi connectivity index (χ2v) is 8.03. The highest BCUT2D eigenvalue weighted by molar-refractivity contribution is 7.92. The van der Waals surface area contributed by atoms with Crippen molar-refractivity contribution in [3.8, 4) is 5.75 Å². The Morgan fingerprint density at radius 2 is 1.84 bits per heavy atom. The Hall–Kier alpha value is -2.61. The van der Waals surface area contributed by atoms with Gasteiger partial charge in [0.25, 0.3) is 15.9 Å². The maximum Gasteiger partial charge on any atom is 0.262 e. The van der Waals surface area contributed by atoms with Crippen molar-refractivity contribution in [3.63, 3.8) is 0 Å². The minimum absolute atomic E-state index is 0.0628. The number of amides is 1. The van der Waals surface area contributed by atoms with Gasteiger partial charge in [-0.25, -0.2) is 8.42 Å². The topological polar surface area (TPSA) is 97.4 Å². The van der Waals surface area contributed by atoms with Gasteiger partial charge in [0.2, 0.25) is 0 Å². The summed E-state index contributed by atoms with van der Waals surface area (Å²) in [6.07, 6.45) is 2.83. The van der Waals surface area contributed by atoms with E-state index in [2.05, 4.69) is 15.0 Å². The lowest BCUT2D eigenvalue weighted by molar-refractivity contribution is 0.0916. The van der Waals surface area contributed by atoms with Gasteiger partial charge < -0.3 is 10.1 Å². The summed E-state index contributed by atoms with van der Waals surface area (Å²) in [5, 5.41) is 2.77. The molecule has 0 aliphatic heterocycles. The molecule has 2 aromatic rings. The van der Waals surface area contributed by atoms with Crippen LogP contribution in [-0.2, 0) is 10.0 Å². The van der Waals surface area contributed by atoms with Gasteiger partial charge in [0.15, 0.2) is 0 Å². The largest absolute Gasteiger partial charge is 0.494 e. The molecule has 7 nitrogen and oxygen atoms in total. The Labute approximate surface area is 147 Å². The van der Waals surface area contributed by atoms with Crippen molar-refractivity contribution in [1.82, 2.24) is 10.3 Å². The third kappa shape index (κ3) is 4.69. The second-order valence-electron chi connectivity index (χ2n) is 6.38. The number of pyridine rings is 1. The van der Waals surface area contributed by atoms with E-state index in [1.54, 1.807) is 12.1 Å². The summed E-state index contributed by atoms with van der Waals surface area (Å²) in [4.78, 5) is 16.2. The molecule has 8 heteroatoms. The lowest BCUT2D eigenvalue weighted by Crippen LogP contribution is -2.41. The van der Waals surface area contributed by atoms with Gasteiger partial charge in [-0.15, -0.1) is 0 Å². The van der Waals surface area contributed by atoms with Crippen molar-refractivity contribution >= 4 is 21.6 Å². The molecule has 0 saturated heterocycles. The molecule has 1 aromatic heterocycles. The van der Waals surface area contributed by atoms with Gasteiger partial charge in [0.1, 0.15) is 16.3 Å². The fourth-order valence-electron chi connectivity index (χ4n) is 2.13. The van der Waals surface area contributed by atoms with E-state index in [-0.39, 0.29) is 16.1 Å². The number of benzene rings is 1. The number of rotatable bonds is 5. The molecule has 2 rings (SSSR count). The van der Waals surface area contributed by atoms with Gasteiger partial charge in [-0.1, -0.05) is 12.1 Å². The molecule has 1 heterocycles. The van der Waals surface area contributed by atoms with Crippen LogP contribution < -0.4 is 14.8 Å². The second kappa shape index (κ2) is 7.10. The van der Waals surface area contributed by atoms with Crippen LogP contribution in [0.25, 0.3) is 0 Å². The molecule has 1 aromatic carbocycles. The minimum atomic E-state index is -4.01. The summed E-state index contributed by atoms with van der Waals surface area (Å²) in [5.41, 5.74) is -0.239. The number of nitrogens with one attached hydrogen (secondary N) is 2. The van der Waals surface area contributed by atoms with Crippen LogP contribution in [0.1, 0.15) is 31.1 Å². The molecule has 134 valence electrons. The quantitative estimate of drug-likeness (QED) is 0.850. The van der Waals surface area contributed by atoms with Gasteiger partial charge in [-0.3, -0.25) is 14.5 Å². The first-order chi connectivity index (χ1) is 11.6. The number of hydrogen-bond acceptors (Lipinski definition) is 5. The lowest BCUT2D eigenvalue weighted by atomic mass is 10.1. The van der Waals surface area contributed by atoms with E-state index < -0.39 is 21.5 Å². The number of carbonyl (C=O) groups excluding carboxylic acids is 1. The van der Waals surface area contributed by atoms with Crippen molar-refractivity contribution < 1.29 is 17.9 Å². The van der Waals surface area contributed by atoms with Crippen LogP contribution in [0, 0.1) is 0 Å². The Morgan fingerprint density at radius 1 is 1.16 bits per heavy atom. The highest BCUT2D eigenvalue weighted by atomic mass is 32.2. The molecule has 25 heavy (non-hydrogen) atoms. The van der Waals surface area contributed by atoms with Crippen LogP contribution in [0.3, 0.4) is 0 Å². The number of aromatic nitrogens is 1. The first kappa shape index (κ1) is 18.7. The molecule has 0 atom stereocenters. The van der Waals surface area contributed by atoms with Crippen molar-refractivity contribution in [2.24, 2.45) is 0 Å². The van der Waals surface area contributed by atoms with Crippen molar-refractivity contribution in [2.45, 2.75) is 31.2 Å². The fourth-order valence-corrected chi connectivity index (χ4v) is 3.39. The molecule has 0 saturated carbocycles. The van der Waals surface area contributed by atoms with Gasteiger partial charge >= 0.3 is 0 Å². The van der Waals surface area contributed by atoms with Gasteiger partial charge in [-0.05, 0) is 32.9 Å². The third-order valence-electron chi connectivity index (χ3n) is 3.16. The van der Waals surface area contributed by atoms with E-state index >= 15 is 0 Å². The highest BCUT2D eigenvalue weighted by Crippen LogP contribution is 2.26. The van der Waals surface area contributed by atoms with Crippen molar-refractivity contribution in [2.75, 3.05) is 11.8 Å². The lowest BCUT2D eigenvalue weighted by Gasteiger charge is -2.21. The number of methoxy groups -OCH3 is 1. The molecule has 0 aliphatic rings. The zero-order valence-corrected chi connectivity index (χ0v) is 15.3. The monoisotopic (exact) mass is 363 g/mol. The molecule has 0 aliphatic carbocycles. The van der Waals surface area contributed by atoms with Gasteiger partial charge in [-0.2, -0.15) is 0 Å². The molecular formula is C17H21N3O4S. The van der Waals surface area contributed by atoms with Crippen LogP contribution in [0.15, 0.2) is 47.6 Å². The van der Waals surface area contributed by atoms with Crippen LogP contribution >= 0.6 is 0 Å². The Balaban J connectivity index is 2.42. The normalized spacial score (nSPS) is 11.7. The van der Waals surface area contributed by atoms with Gasteiger partial charge in [0, 0.05) is 17.8 Å². The van der Waals surface area contributed by atoms with E-state index in [9.17, 15) is 13.2 Å². The molecule has 0 radical (unpaired) electrons. The average molecular weight is 363 g/mol. The summed E-state index contributed by atoms with van der Waals surface area (Å²) in [7, 11) is -2.58. The number of nitrogens with zero attached hydrogens (tertiary/aromatic N) is 1. The third-order valence-corrected chi connectivity index (χ3v) is 4.58. The van der Waals surface area contributed by atoms with Crippen molar-refractivity contribution in [3.05, 3.63) is 48.3 Å². The zero-order valence-electron chi connectivity index (χ0n) is 14.5. The molecule has 1 amide bonds. The smallest absolute Gasteiger partial charge is 0.262 e. The standard InChI is InChI=1S/C17H21N3O4S/c1-17(2,3)19-16(21)12-7-5-6-8-15(12)25(22,23)20-13-11-18-10-9-14(13)24-4/h5-11,20H,1-4H3,(H,19,21). The number of ether oxygens (including phenoxy) is 1. The Morgan fingerprint density at radius 3 is 2.48 bits per heavy atom. The van der Waals surface area contributed by atoms with E-state index in [0.29, 0.717) is 5.75 Å². The maximum atomic E-state index is 12.8. The number of sulfonamides is 1. The van der Waals surface area contributed by atoms with Gasteiger partial charge in [0.05, 0.1) is 18.9 Å². The van der Waals surface area contributed by atoms with Crippen LogP contribution in [0.2, 0.25) is 0 Å². The van der Waals surface area contributed by atoms with E-state index in [1.165, 1.54) is 37.7 Å².